The summed E-state index contributed by atoms with van der Waals surface area (Å²) in [7, 11) is 0. The highest BCUT2D eigenvalue weighted by atomic mass is 16.5. The van der Waals surface area contributed by atoms with Crippen LogP contribution in [-0.2, 0) is 4.79 Å². The van der Waals surface area contributed by atoms with Gasteiger partial charge in [0.25, 0.3) is 0 Å². The molecule has 1 N–H and O–H groups in total. The summed E-state index contributed by atoms with van der Waals surface area (Å²) < 4.78 is 10.6. The second kappa shape index (κ2) is 5.89. The first-order valence-electron chi connectivity index (χ1n) is 6.91. The van der Waals surface area contributed by atoms with Crippen molar-refractivity contribution in [3.8, 4) is 5.75 Å². The third kappa shape index (κ3) is 2.79. The van der Waals surface area contributed by atoms with E-state index in [0.29, 0.717) is 28.7 Å². The normalized spacial score (nSPS) is 13.9. The Labute approximate surface area is 126 Å². The van der Waals surface area contributed by atoms with Gasteiger partial charge < -0.3 is 14.3 Å². The van der Waals surface area contributed by atoms with Crippen molar-refractivity contribution in [2.45, 2.75) is 12.8 Å². The number of aliphatic carboxylic acids is 1. The van der Waals surface area contributed by atoms with Crippen LogP contribution in [0.15, 0.2) is 52.7 Å². The van der Waals surface area contributed by atoms with Gasteiger partial charge in [0, 0.05) is 11.0 Å². The van der Waals surface area contributed by atoms with E-state index < -0.39 is 12.6 Å². The molecule has 0 saturated heterocycles. The molecule has 0 unspecified atom stereocenters. The van der Waals surface area contributed by atoms with Crippen molar-refractivity contribution >= 4 is 22.7 Å². The Balaban J connectivity index is 1.94. The van der Waals surface area contributed by atoms with Gasteiger partial charge in [-0.3, -0.25) is 4.79 Å². The van der Waals surface area contributed by atoms with Crippen LogP contribution in [0.5, 0.6) is 5.75 Å². The van der Waals surface area contributed by atoms with Crippen LogP contribution in [0.3, 0.4) is 0 Å². The molecule has 0 amide bonds. The minimum atomic E-state index is -1.05. The lowest BCUT2D eigenvalue weighted by molar-refractivity contribution is -0.139. The summed E-state index contributed by atoms with van der Waals surface area (Å²) in [4.78, 5) is 23.1. The van der Waals surface area contributed by atoms with Crippen LogP contribution in [-0.4, -0.2) is 23.5 Å². The summed E-state index contributed by atoms with van der Waals surface area (Å²) in [5.41, 5.74) is 1.78. The minimum Gasteiger partial charge on any atom is -0.482 e. The van der Waals surface area contributed by atoms with Crippen molar-refractivity contribution in [1.29, 1.82) is 0 Å². The molecule has 1 heterocycles. The predicted molar refractivity (Wildman–Crippen MR) is 80.1 cm³/mol. The van der Waals surface area contributed by atoms with Crippen LogP contribution in [0.2, 0.25) is 0 Å². The molecule has 1 aromatic carbocycles. The van der Waals surface area contributed by atoms with Gasteiger partial charge in [0.2, 0.25) is 0 Å². The maximum Gasteiger partial charge on any atom is 0.341 e. The number of rotatable bonds is 5. The standard InChI is InChI=1S/C17H14O5/c18-16(19)10-21-12-6-7-15-13(8-12)14(9-22-15)17(20)11-4-2-1-3-5-11/h1-2,4,6-9H,3,5,10H2,(H,18,19). The van der Waals surface area contributed by atoms with E-state index in [9.17, 15) is 9.59 Å². The number of furan rings is 1. The fourth-order valence-electron chi connectivity index (χ4n) is 2.38. The monoisotopic (exact) mass is 298 g/mol. The van der Waals surface area contributed by atoms with E-state index in [4.69, 9.17) is 14.3 Å². The lowest BCUT2D eigenvalue weighted by Crippen LogP contribution is -2.09. The van der Waals surface area contributed by atoms with Gasteiger partial charge in [-0.05, 0) is 31.0 Å². The largest absolute Gasteiger partial charge is 0.482 e. The Morgan fingerprint density at radius 1 is 1.32 bits per heavy atom. The van der Waals surface area contributed by atoms with Crippen LogP contribution in [0.25, 0.3) is 11.0 Å². The van der Waals surface area contributed by atoms with E-state index in [1.165, 1.54) is 6.26 Å². The van der Waals surface area contributed by atoms with Crippen molar-refractivity contribution in [2.75, 3.05) is 6.61 Å². The van der Waals surface area contributed by atoms with Crippen LogP contribution in [0.4, 0.5) is 0 Å². The molecule has 0 bridgehead atoms. The van der Waals surface area contributed by atoms with Crippen LogP contribution in [0, 0.1) is 0 Å². The Morgan fingerprint density at radius 2 is 2.18 bits per heavy atom. The molecular formula is C17H14O5. The molecule has 5 heteroatoms. The van der Waals surface area contributed by atoms with E-state index >= 15 is 0 Å². The van der Waals surface area contributed by atoms with Gasteiger partial charge in [-0.2, -0.15) is 0 Å². The summed E-state index contributed by atoms with van der Waals surface area (Å²) in [5, 5.41) is 9.28. The van der Waals surface area contributed by atoms with Crippen molar-refractivity contribution in [3.05, 3.63) is 53.8 Å². The lowest BCUT2D eigenvalue weighted by atomic mass is 9.96. The average molecular weight is 298 g/mol. The molecule has 1 aliphatic rings. The lowest BCUT2D eigenvalue weighted by Gasteiger charge is -2.07. The number of ether oxygens (including phenoxy) is 1. The van der Waals surface area contributed by atoms with Gasteiger partial charge in [-0.25, -0.2) is 4.79 Å². The summed E-state index contributed by atoms with van der Waals surface area (Å²) in [6.07, 6.45) is 8.70. The first kappa shape index (κ1) is 14.1. The molecular weight excluding hydrogens is 284 g/mol. The fraction of sp³-hybridized carbons (Fsp3) is 0.176. The van der Waals surface area contributed by atoms with Crippen molar-refractivity contribution in [1.82, 2.24) is 0 Å². The Morgan fingerprint density at radius 3 is 2.91 bits per heavy atom. The van der Waals surface area contributed by atoms with Crippen LogP contribution >= 0.6 is 0 Å². The number of benzene rings is 1. The van der Waals surface area contributed by atoms with E-state index in [1.807, 2.05) is 18.2 Å². The van der Waals surface area contributed by atoms with Crippen LogP contribution < -0.4 is 4.74 Å². The molecule has 5 nitrogen and oxygen atoms in total. The van der Waals surface area contributed by atoms with Gasteiger partial charge in [0.05, 0.1) is 5.56 Å². The third-order valence-electron chi connectivity index (χ3n) is 3.46. The summed E-state index contributed by atoms with van der Waals surface area (Å²) >= 11 is 0. The molecule has 0 fully saturated rings. The van der Waals surface area contributed by atoms with E-state index in [-0.39, 0.29) is 5.78 Å². The number of hydrogen-bond acceptors (Lipinski definition) is 4. The number of fused-ring (bicyclic) bond motifs is 1. The number of carbonyl (C=O) groups is 2. The predicted octanol–water partition coefficient (Wildman–Crippen LogP) is 3.36. The van der Waals surface area contributed by atoms with Gasteiger partial charge in [-0.1, -0.05) is 18.2 Å². The van der Waals surface area contributed by atoms with E-state index in [1.54, 1.807) is 18.2 Å². The number of allylic oxidation sites excluding steroid dienone is 4. The van der Waals surface area contributed by atoms with Gasteiger partial charge in [0.1, 0.15) is 17.6 Å². The van der Waals surface area contributed by atoms with E-state index in [0.717, 1.165) is 12.0 Å². The molecule has 2 aromatic rings. The zero-order chi connectivity index (χ0) is 15.5. The molecule has 0 radical (unpaired) electrons. The molecule has 0 saturated carbocycles. The summed E-state index contributed by atoms with van der Waals surface area (Å²) in [5.74, 6) is -0.732. The van der Waals surface area contributed by atoms with Crippen molar-refractivity contribution < 1.29 is 23.8 Å². The number of carboxylic acids is 1. The third-order valence-corrected chi connectivity index (χ3v) is 3.46. The highest BCUT2D eigenvalue weighted by molar-refractivity contribution is 6.16. The van der Waals surface area contributed by atoms with Gasteiger partial charge >= 0.3 is 5.97 Å². The Bertz CT molecular complexity index is 794. The first-order chi connectivity index (χ1) is 10.6. The maximum atomic E-state index is 12.6. The summed E-state index contributed by atoms with van der Waals surface area (Å²) in [6, 6.07) is 4.92. The van der Waals surface area contributed by atoms with Crippen LogP contribution in [0.1, 0.15) is 23.2 Å². The Kier molecular flexibility index (Phi) is 3.78. The highest BCUT2D eigenvalue weighted by Crippen LogP contribution is 2.29. The number of carboxylic acid groups (broad SMARTS) is 1. The molecule has 0 aliphatic heterocycles. The minimum absolute atomic E-state index is 0.0708. The zero-order valence-electron chi connectivity index (χ0n) is 11.7. The second-order valence-corrected chi connectivity index (χ2v) is 4.98. The molecule has 112 valence electrons. The van der Waals surface area contributed by atoms with E-state index in [2.05, 4.69) is 0 Å². The quantitative estimate of drug-likeness (QED) is 0.856. The van der Waals surface area contributed by atoms with Gasteiger partial charge in [0.15, 0.2) is 12.4 Å². The molecule has 22 heavy (non-hydrogen) atoms. The van der Waals surface area contributed by atoms with Gasteiger partial charge in [-0.15, -0.1) is 0 Å². The molecule has 0 spiro atoms. The highest BCUT2D eigenvalue weighted by Gasteiger charge is 2.18. The zero-order valence-corrected chi connectivity index (χ0v) is 11.7. The van der Waals surface area contributed by atoms with Crippen molar-refractivity contribution in [3.63, 3.8) is 0 Å². The molecule has 1 aliphatic carbocycles. The fourth-order valence-corrected chi connectivity index (χ4v) is 2.38. The molecule has 0 atom stereocenters. The molecule has 1 aromatic heterocycles. The second-order valence-electron chi connectivity index (χ2n) is 4.98. The van der Waals surface area contributed by atoms with Crippen molar-refractivity contribution in [2.24, 2.45) is 0 Å². The summed E-state index contributed by atoms with van der Waals surface area (Å²) in [6.45, 7) is -0.428. The topological polar surface area (TPSA) is 76.7 Å². The first-order valence-corrected chi connectivity index (χ1v) is 6.91. The number of ketones is 1. The maximum absolute atomic E-state index is 12.6. The Hall–Kier alpha value is -2.82. The molecule has 3 rings (SSSR count). The number of hydrogen-bond donors (Lipinski definition) is 1. The number of carbonyl (C=O) groups excluding carboxylic acids is 1. The smallest absolute Gasteiger partial charge is 0.341 e. The number of Topliss-reactive ketones (excluding diaryl/α,β-unsaturated/α-hetero) is 1. The average Bonchev–Trinajstić information content (AvgIpc) is 2.96. The SMILES string of the molecule is O=C(O)COc1ccc2occ(C(=O)C3=CC=CCC3)c2c1.